The number of hydrogen-bond acceptors (Lipinski definition) is 5. The molecule has 0 atom stereocenters. The smallest absolute Gasteiger partial charge is 0.266 e. The van der Waals surface area contributed by atoms with Crippen LogP contribution in [-0.4, -0.2) is 38.3 Å². The maximum Gasteiger partial charge on any atom is 0.266 e. The molecule has 1 amide bonds. The molecular formula is C21H19N3O2S2. The lowest BCUT2D eigenvalue weighted by Crippen LogP contribution is -2.30. The Morgan fingerprint density at radius 1 is 1.18 bits per heavy atom. The van der Waals surface area contributed by atoms with Crippen molar-refractivity contribution in [1.29, 1.82) is 0 Å². The van der Waals surface area contributed by atoms with Crippen molar-refractivity contribution in [3.63, 3.8) is 0 Å². The highest BCUT2D eigenvalue weighted by atomic mass is 32.2. The van der Waals surface area contributed by atoms with Crippen LogP contribution in [0.25, 0.3) is 17.1 Å². The van der Waals surface area contributed by atoms with Gasteiger partial charge in [-0.05, 0) is 36.2 Å². The summed E-state index contributed by atoms with van der Waals surface area (Å²) in [5.74, 6) is 1.51. The summed E-state index contributed by atoms with van der Waals surface area (Å²) in [5.41, 5.74) is 3.07. The van der Waals surface area contributed by atoms with Crippen molar-refractivity contribution < 1.29 is 9.53 Å². The van der Waals surface area contributed by atoms with E-state index >= 15 is 0 Å². The van der Waals surface area contributed by atoms with E-state index in [-0.39, 0.29) is 5.91 Å². The first-order chi connectivity index (χ1) is 13.6. The molecule has 4 rings (SSSR count). The fourth-order valence-electron chi connectivity index (χ4n) is 3.14. The average molecular weight is 410 g/mol. The maximum absolute atomic E-state index is 12.9. The van der Waals surface area contributed by atoms with Crippen LogP contribution in [0.2, 0.25) is 0 Å². The van der Waals surface area contributed by atoms with Gasteiger partial charge in [-0.2, -0.15) is 0 Å². The van der Waals surface area contributed by atoms with Crippen LogP contribution in [0.5, 0.6) is 5.75 Å². The lowest BCUT2D eigenvalue weighted by Gasteiger charge is -2.14. The summed E-state index contributed by atoms with van der Waals surface area (Å²) in [6.07, 6.45) is 2.56. The van der Waals surface area contributed by atoms with Crippen molar-refractivity contribution in [3.8, 4) is 5.75 Å². The number of fused-ring (bicyclic) bond motifs is 1. The number of rotatable bonds is 5. The Bertz CT molecular complexity index is 1090. The van der Waals surface area contributed by atoms with E-state index in [9.17, 15) is 4.79 Å². The van der Waals surface area contributed by atoms with Gasteiger partial charge >= 0.3 is 0 Å². The van der Waals surface area contributed by atoms with Gasteiger partial charge in [0.1, 0.15) is 15.9 Å². The summed E-state index contributed by atoms with van der Waals surface area (Å²) in [6, 6.07) is 15.8. The van der Waals surface area contributed by atoms with Gasteiger partial charge in [-0.25, -0.2) is 4.98 Å². The number of thiocarbonyl (C=S) groups is 1. The summed E-state index contributed by atoms with van der Waals surface area (Å²) >= 11 is 6.78. The normalized spacial score (nSPS) is 15.8. The van der Waals surface area contributed by atoms with Gasteiger partial charge in [0.05, 0.1) is 23.0 Å². The predicted octanol–water partition coefficient (Wildman–Crippen LogP) is 4.03. The van der Waals surface area contributed by atoms with Gasteiger partial charge in [0.25, 0.3) is 5.91 Å². The molecule has 2 aromatic carbocycles. The third-order valence-corrected chi connectivity index (χ3v) is 6.12. The zero-order valence-electron chi connectivity index (χ0n) is 15.6. The Hall–Kier alpha value is -2.64. The number of para-hydroxylation sites is 2. The van der Waals surface area contributed by atoms with E-state index in [1.54, 1.807) is 12.0 Å². The second-order valence-corrected chi connectivity index (χ2v) is 8.12. The zero-order valence-corrected chi connectivity index (χ0v) is 17.2. The molecule has 7 heteroatoms. The third-order valence-electron chi connectivity index (χ3n) is 4.74. The van der Waals surface area contributed by atoms with Crippen LogP contribution >= 0.6 is 24.0 Å². The van der Waals surface area contributed by atoms with Crippen molar-refractivity contribution in [1.82, 2.24) is 14.5 Å². The Morgan fingerprint density at radius 2 is 1.93 bits per heavy atom. The largest absolute Gasteiger partial charge is 0.497 e. The van der Waals surface area contributed by atoms with Crippen LogP contribution in [0.4, 0.5) is 0 Å². The lowest BCUT2D eigenvalue weighted by atomic mass is 10.1. The highest BCUT2D eigenvalue weighted by molar-refractivity contribution is 8.26. The minimum atomic E-state index is -0.0597. The number of aryl methyl sites for hydroxylation is 1. The topological polar surface area (TPSA) is 47.4 Å². The molecule has 28 heavy (non-hydrogen) atoms. The van der Waals surface area contributed by atoms with Crippen LogP contribution in [0.1, 0.15) is 11.4 Å². The van der Waals surface area contributed by atoms with E-state index in [0.29, 0.717) is 15.8 Å². The van der Waals surface area contributed by atoms with Crippen LogP contribution in [0.3, 0.4) is 0 Å². The fraction of sp³-hybridized carbons (Fsp3) is 0.190. The molecular weight excluding hydrogens is 390 g/mol. The Labute approximate surface area is 173 Å². The lowest BCUT2D eigenvalue weighted by molar-refractivity contribution is -0.122. The quantitative estimate of drug-likeness (QED) is 0.470. The molecule has 1 saturated heterocycles. The molecule has 3 aromatic rings. The number of hydrogen-bond donors (Lipinski definition) is 0. The van der Waals surface area contributed by atoms with Crippen molar-refractivity contribution in [2.45, 2.75) is 6.42 Å². The molecule has 0 spiro atoms. The van der Waals surface area contributed by atoms with E-state index in [0.717, 1.165) is 34.6 Å². The minimum Gasteiger partial charge on any atom is -0.497 e. The summed E-state index contributed by atoms with van der Waals surface area (Å²) in [7, 11) is 3.59. The number of carbonyl (C=O) groups excluding carboxylic acids is 1. The first-order valence-electron chi connectivity index (χ1n) is 8.86. The summed E-state index contributed by atoms with van der Waals surface area (Å²) in [6.45, 7) is 0.552. The van der Waals surface area contributed by atoms with Crippen molar-refractivity contribution in [3.05, 3.63) is 64.8 Å². The fourth-order valence-corrected chi connectivity index (χ4v) is 4.41. The van der Waals surface area contributed by atoms with Crippen molar-refractivity contribution in [2.75, 3.05) is 13.7 Å². The first-order valence-corrected chi connectivity index (χ1v) is 10.1. The summed E-state index contributed by atoms with van der Waals surface area (Å²) < 4.78 is 7.75. The second-order valence-electron chi connectivity index (χ2n) is 6.45. The Balaban J connectivity index is 1.51. The van der Waals surface area contributed by atoms with E-state index in [1.807, 2.05) is 66.2 Å². The van der Waals surface area contributed by atoms with Crippen LogP contribution < -0.4 is 4.74 Å². The molecule has 0 N–H and O–H groups in total. The number of aromatic nitrogens is 2. The highest BCUT2D eigenvalue weighted by Crippen LogP contribution is 2.33. The standard InChI is InChI=1S/C21H19N3O2S2/c1-23-17-6-4-3-5-16(17)22-19(23)13-18-20(25)24(21(27)28-18)12-11-14-7-9-15(26-2)10-8-14/h3-10,13H,11-12H2,1-2H3. The number of benzene rings is 2. The molecule has 1 fully saturated rings. The molecule has 1 aliphatic rings. The van der Waals surface area contributed by atoms with Crippen molar-refractivity contribution >= 4 is 51.3 Å². The average Bonchev–Trinajstić information content (AvgIpc) is 3.17. The molecule has 1 aromatic heterocycles. The van der Waals surface area contributed by atoms with E-state index < -0.39 is 0 Å². The molecule has 0 unspecified atom stereocenters. The van der Waals surface area contributed by atoms with Crippen LogP contribution in [-0.2, 0) is 18.3 Å². The molecule has 1 aliphatic heterocycles. The maximum atomic E-state index is 12.9. The van der Waals surface area contributed by atoms with Gasteiger partial charge < -0.3 is 9.30 Å². The SMILES string of the molecule is COc1ccc(CCN2C(=O)C(=Cc3nc4ccccc4n3C)SC2=S)cc1. The van der Waals surface area contributed by atoms with E-state index in [4.69, 9.17) is 17.0 Å². The number of methoxy groups -OCH3 is 1. The number of amides is 1. The Kier molecular flexibility index (Phi) is 5.19. The molecule has 0 radical (unpaired) electrons. The van der Waals surface area contributed by atoms with E-state index in [1.165, 1.54) is 11.8 Å². The molecule has 0 saturated carbocycles. The van der Waals surface area contributed by atoms with Gasteiger partial charge in [0.15, 0.2) is 0 Å². The van der Waals surface area contributed by atoms with Gasteiger partial charge in [-0.1, -0.05) is 48.2 Å². The van der Waals surface area contributed by atoms with Gasteiger partial charge in [0, 0.05) is 19.7 Å². The summed E-state index contributed by atoms with van der Waals surface area (Å²) in [4.78, 5) is 19.8. The number of imidazole rings is 1. The van der Waals surface area contributed by atoms with Gasteiger partial charge in [-0.3, -0.25) is 9.69 Å². The minimum absolute atomic E-state index is 0.0597. The molecule has 142 valence electrons. The number of thioether (sulfide) groups is 1. The molecule has 0 aliphatic carbocycles. The highest BCUT2D eigenvalue weighted by Gasteiger charge is 2.32. The number of carbonyl (C=O) groups is 1. The van der Waals surface area contributed by atoms with E-state index in [2.05, 4.69) is 4.98 Å². The third kappa shape index (κ3) is 3.55. The summed E-state index contributed by atoms with van der Waals surface area (Å²) in [5, 5.41) is 0. The van der Waals surface area contributed by atoms with Crippen LogP contribution in [0, 0.1) is 0 Å². The zero-order chi connectivity index (χ0) is 19.7. The van der Waals surface area contributed by atoms with Gasteiger partial charge in [-0.15, -0.1) is 0 Å². The monoisotopic (exact) mass is 409 g/mol. The van der Waals surface area contributed by atoms with Gasteiger partial charge in [0.2, 0.25) is 0 Å². The van der Waals surface area contributed by atoms with Crippen molar-refractivity contribution in [2.24, 2.45) is 7.05 Å². The molecule has 5 nitrogen and oxygen atoms in total. The number of nitrogens with zero attached hydrogens (tertiary/aromatic N) is 3. The molecule has 2 heterocycles. The predicted molar refractivity (Wildman–Crippen MR) is 117 cm³/mol. The Morgan fingerprint density at radius 3 is 2.64 bits per heavy atom. The second kappa shape index (κ2) is 7.77. The molecule has 0 bridgehead atoms. The first kappa shape index (κ1) is 18.7. The van der Waals surface area contributed by atoms with Crippen LogP contribution in [0.15, 0.2) is 53.4 Å². The number of ether oxygens (including phenoxy) is 1.